The molecule has 108 valence electrons. The fourth-order valence-electron chi connectivity index (χ4n) is 2.66. The summed E-state index contributed by atoms with van der Waals surface area (Å²) in [6, 6.07) is 17.2. The molecule has 3 aromatic rings. The highest BCUT2D eigenvalue weighted by atomic mass is 32.1. The van der Waals surface area contributed by atoms with Crippen molar-refractivity contribution in [3.05, 3.63) is 54.1 Å². The summed E-state index contributed by atoms with van der Waals surface area (Å²) in [5.74, 6) is 0. The molecule has 0 saturated carbocycles. The van der Waals surface area contributed by atoms with Gasteiger partial charge in [0.15, 0.2) is 0 Å². The molecular weight excluding hydrogens is 294 g/mol. The monoisotopic (exact) mass is 313 g/mol. The number of fused-ring (bicyclic) bond motifs is 1. The van der Waals surface area contributed by atoms with Crippen LogP contribution in [-0.4, -0.2) is 0 Å². The first-order valence-corrected chi connectivity index (χ1v) is 8.58. The summed E-state index contributed by atoms with van der Waals surface area (Å²) < 4.78 is 0. The van der Waals surface area contributed by atoms with Crippen LogP contribution in [0.25, 0.3) is 21.2 Å². The maximum Gasteiger partial charge on any atom is 0.0862 e. The quantitative estimate of drug-likeness (QED) is 0.574. The first-order valence-electron chi connectivity index (χ1n) is 7.25. The minimum atomic E-state index is 0.320. The SMILES string of the molecule is CCCC(S)c1ccc2c(-c3ccc(N)s3)cccc2c1. The zero-order chi connectivity index (χ0) is 14.8. The van der Waals surface area contributed by atoms with E-state index in [1.165, 1.54) is 26.8 Å². The van der Waals surface area contributed by atoms with E-state index in [1.54, 1.807) is 11.3 Å². The lowest BCUT2D eigenvalue weighted by atomic mass is 9.99. The van der Waals surface area contributed by atoms with E-state index in [4.69, 9.17) is 18.4 Å². The van der Waals surface area contributed by atoms with Gasteiger partial charge >= 0.3 is 0 Å². The zero-order valence-corrected chi connectivity index (χ0v) is 13.8. The third kappa shape index (κ3) is 2.94. The Morgan fingerprint density at radius 1 is 1.14 bits per heavy atom. The van der Waals surface area contributed by atoms with Gasteiger partial charge in [-0.05, 0) is 40.5 Å². The predicted octanol–water partition coefficient (Wildman–Crippen LogP) is 5.92. The van der Waals surface area contributed by atoms with E-state index in [-0.39, 0.29) is 0 Å². The van der Waals surface area contributed by atoms with Crippen molar-refractivity contribution in [2.45, 2.75) is 25.0 Å². The molecule has 0 aliphatic heterocycles. The van der Waals surface area contributed by atoms with E-state index >= 15 is 0 Å². The second-order valence-corrected chi connectivity index (χ2v) is 7.03. The van der Waals surface area contributed by atoms with Crippen molar-refractivity contribution in [2.24, 2.45) is 0 Å². The summed E-state index contributed by atoms with van der Waals surface area (Å²) in [6.07, 6.45) is 2.26. The maximum atomic E-state index is 5.87. The van der Waals surface area contributed by atoms with E-state index in [9.17, 15) is 0 Å². The maximum absolute atomic E-state index is 5.87. The van der Waals surface area contributed by atoms with Crippen molar-refractivity contribution in [1.82, 2.24) is 0 Å². The number of anilines is 1. The summed E-state index contributed by atoms with van der Waals surface area (Å²) in [7, 11) is 0. The van der Waals surface area contributed by atoms with Gasteiger partial charge in [-0.1, -0.05) is 49.7 Å². The van der Waals surface area contributed by atoms with Crippen LogP contribution in [0.3, 0.4) is 0 Å². The third-order valence-corrected chi connectivity index (χ3v) is 5.25. The Labute approximate surface area is 135 Å². The Kier molecular flexibility index (Phi) is 4.22. The van der Waals surface area contributed by atoms with E-state index in [2.05, 4.69) is 49.4 Å². The molecule has 21 heavy (non-hydrogen) atoms. The molecule has 3 rings (SSSR count). The van der Waals surface area contributed by atoms with Gasteiger partial charge in [-0.3, -0.25) is 0 Å². The third-order valence-electron chi connectivity index (χ3n) is 3.74. The molecule has 1 unspecified atom stereocenters. The minimum Gasteiger partial charge on any atom is -0.391 e. The van der Waals surface area contributed by atoms with Crippen LogP contribution in [0.15, 0.2) is 48.5 Å². The molecule has 3 heteroatoms. The smallest absolute Gasteiger partial charge is 0.0862 e. The average molecular weight is 313 g/mol. The van der Waals surface area contributed by atoms with E-state index < -0.39 is 0 Å². The molecule has 2 N–H and O–H groups in total. The molecule has 0 aliphatic rings. The lowest BCUT2D eigenvalue weighted by Crippen LogP contribution is -1.90. The van der Waals surface area contributed by atoms with Crippen LogP contribution >= 0.6 is 24.0 Å². The fraction of sp³-hybridized carbons (Fsp3) is 0.222. The Morgan fingerprint density at radius 3 is 2.71 bits per heavy atom. The number of thiophene rings is 1. The Morgan fingerprint density at radius 2 is 2.00 bits per heavy atom. The minimum absolute atomic E-state index is 0.320. The van der Waals surface area contributed by atoms with Crippen LogP contribution in [0.5, 0.6) is 0 Å². The van der Waals surface area contributed by atoms with Gasteiger partial charge in [0.2, 0.25) is 0 Å². The average Bonchev–Trinajstić information content (AvgIpc) is 2.92. The summed E-state index contributed by atoms with van der Waals surface area (Å²) in [5.41, 5.74) is 8.42. The highest BCUT2D eigenvalue weighted by Crippen LogP contribution is 2.36. The van der Waals surface area contributed by atoms with Crippen molar-refractivity contribution in [1.29, 1.82) is 0 Å². The summed E-state index contributed by atoms with van der Waals surface area (Å²) in [5, 5.41) is 3.73. The molecule has 2 aromatic carbocycles. The predicted molar refractivity (Wildman–Crippen MR) is 98.3 cm³/mol. The number of nitrogens with two attached hydrogens (primary N) is 1. The Bertz CT molecular complexity index is 761. The first kappa shape index (κ1) is 14.5. The van der Waals surface area contributed by atoms with Gasteiger partial charge in [-0.2, -0.15) is 12.6 Å². The number of hydrogen-bond acceptors (Lipinski definition) is 3. The second-order valence-electron chi connectivity index (χ2n) is 5.29. The molecule has 0 aliphatic carbocycles. The second kappa shape index (κ2) is 6.12. The van der Waals surface area contributed by atoms with E-state index in [1.807, 2.05) is 6.07 Å². The lowest BCUT2D eigenvalue weighted by Gasteiger charge is -2.12. The van der Waals surface area contributed by atoms with Crippen LogP contribution in [-0.2, 0) is 0 Å². The number of rotatable bonds is 4. The number of thiol groups is 1. The van der Waals surface area contributed by atoms with E-state index in [0.29, 0.717) is 5.25 Å². The molecular formula is C18H19NS2. The highest BCUT2D eigenvalue weighted by Gasteiger charge is 2.09. The van der Waals surface area contributed by atoms with Gasteiger partial charge in [0, 0.05) is 10.1 Å². The Hall–Kier alpha value is -1.45. The Balaban J connectivity index is 2.08. The molecule has 0 spiro atoms. The van der Waals surface area contributed by atoms with Gasteiger partial charge in [-0.25, -0.2) is 0 Å². The van der Waals surface area contributed by atoms with Crippen molar-refractivity contribution in [2.75, 3.05) is 5.73 Å². The van der Waals surface area contributed by atoms with Crippen molar-refractivity contribution in [3.63, 3.8) is 0 Å². The fourth-order valence-corrected chi connectivity index (χ4v) is 3.89. The van der Waals surface area contributed by atoms with Crippen molar-refractivity contribution in [3.8, 4) is 10.4 Å². The molecule has 1 nitrogen and oxygen atoms in total. The molecule has 1 heterocycles. The lowest BCUT2D eigenvalue weighted by molar-refractivity contribution is 0.783. The molecule has 0 bridgehead atoms. The number of hydrogen-bond donors (Lipinski definition) is 2. The first-order chi connectivity index (χ1) is 10.2. The van der Waals surface area contributed by atoms with Crippen LogP contribution in [0, 0.1) is 0 Å². The van der Waals surface area contributed by atoms with Crippen LogP contribution in [0.2, 0.25) is 0 Å². The standard InChI is InChI=1S/C18H19NS2/c1-2-4-16(20)13-7-8-14-12(11-13)5-3-6-15(14)17-9-10-18(19)21-17/h3,5-11,16,20H,2,4,19H2,1H3. The number of benzene rings is 2. The largest absolute Gasteiger partial charge is 0.391 e. The van der Waals surface area contributed by atoms with Gasteiger partial charge in [-0.15, -0.1) is 11.3 Å². The zero-order valence-electron chi connectivity index (χ0n) is 12.0. The molecule has 0 fully saturated rings. The highest BCUT2D eigenvalue weighted by molar-refractivity contribution is 7.80. The van der Waals surface area contributed by atoms with Crippen LogP contribution in [0.4, 0.5) is 5.00 Å². The molecule has 0 amide bonds. The van der Waals surface area contributed by atoms with Gasteiger partial charge in [0.1, 0.15) is 0 Å². The van der Waals surface area contributed by atoms with Crippen molar-refractivity contribution >= 4 is 39.7 Å². The van der Waals surface area contributed by atoms with Crippen molar-refractivity contribution < 1.29 is 0 Å². The summed E-state index contributed by atoms with van der Waals surface area (Å²) in [4.78, 5) is 1.22. The topological polar surface area (TPSA) is 26.0 Å². The molecule has 1 atom stereocenters. The number of nitrogen functional groups attached to an aromatic ring is 1. The summed E-state index contributed by atoms with van der Waals surface area (Å²) >= 11 is 6.35. The van der Waals surface area contributed by atoms with Crippen LogP contribution in [0.1, 0.15) is 30.6 Å². The normalized spacial score (nSPS) is 12.7. The van der Waals surface area contributed by atoms with Gasteiger partial charge in [0.25, 0.3) is 0 Å². The van der Waals surface area contributed by atoms with Gasteiger partial charge in [0.05, 0.1) is 5.00 Å². The molecule has 1 aromatic heterocycles. The van der Waals surface area contributed by atoms with Crippen LogP contribution < -0.4 is 5.73 Å². The molecule has 0 saturated heterocycles. The molecule has 0 radical (unpaired) electrons. The summed E-state index contributed by atoms with van der Waals surface area (Å²) in [6.45, 7) is 2.20. The van der Waals surface area contributed by atoms with Gasteiger partial charge < -0.3 is 5.73 Å². The van der Waals surface area contributed by atoms with E-state index in [0.717, 1.165) is 17.8 Å².